The quantitative estimate of drug-likeness (QED) is 0.467. The summed E-state index contributed by atoms with van der Waals surface area (Å²) in [5, 5.41) is 9.22. The Kier molecular flexibility index (Phi) is 6.51. The lowest BCUT2D eigenvalue weighted by Crippen LogP contribution is -2.05. The van der Waals surface area contributed by atoms with Gasteiger partial charge in [0.15, 0.2) is 5.82 Å². The first-order chi connectivity index (χ1) is 15.3. The van der Waals surface area contributed by atoms with Gasteiger partial charge in [0.1, 0.15) is 12.4 Å². The molecule has 0 fully saturated rings. The number of aliphatic hydroxyl groups is 1. The van der Waals surface area contributed by atoms with Gasteiger partial charge >= 0.3 is 0 Å². The third-order valence-corrected chi connectivity index (χ3v) is 5.01. The SMILES string of the molecule is OCC#Cc1nc(-c2ccc(F)cc2)c(-c2ccncc2)n1CCCc1ccccc1. The Bertz CT molecular complexity index is 1190. The molecule has 2 aromatic carbocycles. The van der Waals surface area contributed by atoms with Crippen LogP contribution < -0.4 is 0 Å². The number of aromatic nitrogens is 3. The van der Waals surface area contributed by atoms with E-state index in [2.05, 4.69) is 33.5 Å². The zero-order valence-electron chi connectivity index (χ0n) is 17.0. The molecule has 0 atom stereocenters. The van der Waals surface area contributed by atoms with Crippen molar-refractivity contribution < 1.29 is 9.50 Å². The number of halogens is 1. The van der Waals surface area contributed by atoms with Gasteiger partial charge in [0.05, 0.1) is 11.4 Å². The summed E-state index contributed by atoms with van der Waals surface area (Å²) >= 11 is 0. The van der Waals surface area contributed by atoms with Crippen molar-refractivity contribution in [2.45, 2.75) is 19.4 Å². The van der Waals surface area contributed by atoms with Gasteiger partial charge in [-0.15, -0.1) is 0 Å². The van der Waals surface area contributed by atoms with Crippen LogP contribution in [0.5, 0.6) is 0 Å². The monoisotopic (exact) mass is 411 g/mol. The van der Waals surface area contributed by atoms with Crippen LogP contribution in [0.15, 0.2) is 79.1 Å². The van der Waals surface area contributed by atoms with Crippen LogP contribution in [0.1, 0.15) is 17.8 Å². The third kappa shape index (κ3) is 4.88. The average molecular weight is 411 g/mol. The highest BCUT2D eigenvalue weighted by Gasteiger charge is 2.19. The predicted molar refractivity (Wildman–Crippen MR) is 120 cm³/mol. The second kappa shape index (κ2) is 9.84. The Morgan fingerprint density at radius 1 is 0.903 bits per heavy atom. The molecule has 4 nitrogen and oxygen atoms in total. The molecule has 5 heteroatoms. The summed E-state index contributed by atoms with van der Waals surface area (Å²) < 4.78 is 15.6. The number of rotatable bonds is 6. The maximum Gasteiger partial charge on any atom is 0.186 e. The summed E-state index contributed by atoms with van der Waals surface area (Å²) in [7, 11) is 0. The molecule has 0 saturated carbocycles. The maximum atomic E-state index is 13.5. The van der Waals surface area contributed by atoms with E-state index in [0.29, 0.717) is 12.4 Å². The van der Waals surface area contributed by atoms with E-state index in [9.17, 15) is 9.50 Å². The van der Waals surface area contributed by atoms with Gasteiger partial charge in [0.2, 0.25) is 0 Å². The molecule has 0 spiro atoms. The number of aryl methyl sites for hydroxylation is 1. The summed E-state index contributed by atoms with van der Waals surface area (Å²) in [5.74, 6) is 5.98. The molecule has 0 bridgehead atoms. The van der Waals surface area contributed by atoms with Crippen molar-refractivity contribution in [3.63, 3.8) is 0 Å². The van der Waals surface area contributed by atoms with Gasteiger partial charge in [0, 0.05) is 30.1 Å². The molecule has 1 N–H and O–H groups in total. The zero-order chi connectivity index (χ0) is 21.5. The van der Waals surface area contributed by atoms with Crippen molar-refractivity contribution in [3.8, 4) is 34.4 Å². The van der Waals surface area contributed by atoms with Crippen LogP contribution in [0.4, 0.5) is 4.39 Å². The van der Waals surface area contributed by atoms with Gasteiger partial charge in [-0.3, -0.25) is 4.98 Å². The van der Waals surface area contributed by atoms with Crippen LogP contribution in [0.2, 0.25) is 0 Å². The van der Waals surface area contributed by atoms with Crippen LogP contribution in [0.3, 0.4) is 0 Å². The van der Waals surface area contributed by atoms with E-state index in [-0.39, 0.29) is 12.4 Å². The van der Waals surface area contributed by atoms with Gasteiger partial charge in [-0.2, -0.15) is 0 Å². The summed E-state index contributed by atoms with van der Waals surface area (Å²) in [5.41, 5.74) is 4.67. The highest BCUT2D eigenvalue weighted by atomic mass is 19.1. The van der Waals surface area contributed by atoms with Crippen molar-refractivity contribution in [2.75, 3.05) is 6.61 Å². The smallest absolute Gasteiger partial charge is 0.186 e. The highest BCUT2D eigenvalue weighted by molar-refractivity contribution is 5.79. The number of benzene rings is 2. The maximum absolute atomic E-state index is 13.5. The molecule has 0 unspecified atom stereocenters. The van der Waals surface area contributed by atoms with E-state index >= 15 is 0 Å². The second-order valence-electron chi connectivity index (χ2n) is 7.08. The Morgan fingerprint density at radius 2 is 1.65 bits per heavy atom. The van der Waals surface area contributed by atoms with E-state index in [1.165, 1.54) is 17.7 Å². The Labute approximate surface area is 181 Å². The summed E-state index contributed by atoms with van der Waals surface area (Å²) in [6, 6.07) is 20.5. The first-order valence-electron chi connectivity index (χ1n) is 10.2. The molecule has 0 aliphatic rings. The first-order valence-corrected chi connectivity index (χ1v) is 10.2. The van der Waals surface area contributed by atoms with Crippen LogP contribution >= 0.6 is 0 Å². The molecular formula is C26H22FN3O. The molecule has 0 radical (unpaired) electrons. The lowest BCUT2D eigenvalue weighted by Gasteiger charge is -2.12. The van der Waals surface area contributed by atoms with Crippen molar-refractivity contribution in [1.29, 1.82) is 0 Å². The van der Waals surface area contributed by atoms with Crippen LogP contribution in [-0.4, -0.2) is 26.2 Å². The van der Waals surface area contributed by atoms with Crippen molar-refractivity contribution in [2.24, 2.45) is 0 Å². The van der Waals surface area contributed by atoms with E-state index in [4.69, 9.17) is 4.98 Å². The van der Waals surface area contributed by atoms with Crippen molar-refractivity contribution in [1.82, 2.24) is 14.5 Å². The predicted octanol–water partition coefficient (Wildman–Crippen LogP) is 4.73. The topological polar surface area (TPSA) is 50.9 Å². The van der Waals surface area contributed by atoms with Gasteiger partial charge in [0.25, 0.3) is 0 Å². The van der Waals surface area contributed by atoms with E-state index in [1.807, 2.05) is 30.3 Å². The molecule has 154 valence electrons. The molecule has 2 heterocycles. The molecule has 4 rings (SSSR count). The largest absolute Gasteiger partial charge is 0.384 e. The Balaban J connectivity index is 1.79. The Hall–Kier alpha value is -3.75. The van der Waals surface area contributed by atoms with Crippen LogP contribution in [0, 0.1) is 17.7 Å². The summed E-state index contributed by atoms with van der Waals surface area (Å²) in [6.45, 7) is 0.462. The molecule has 31 heavy (non-hydrogen) atoms. The zero-order valence-corrected chi connectivity index (χ0v) is 17.0. The Morgan fingerprint density at radius 3 is 2.35 bits per heavy atom. The normalized spacial score (nSPS) is 10.5. The molecule has 0 amide bonds. The lowest BCUT2D eigenvalue weighted by molar-refractivity contribution is 0.350. The van der Waals surface area contributed by atoms with E-state index < -0.39 is 0 Å². The fraction of sp³-hybridized carbons (Fsp3) is 0.154. The second-order valence-corrected chi connectivity index (χ2v) is 7.08. The van der Waals surface area contributed by atoms with Gasteiger partial charge in [-0.25, -0.2) is 9.37 Å². The van der Waals surface area contributed by atoms with Crippen molar-refractivity contribution >= 4 is 0 Å². The van der Waals surface area contributed by atoms with Gasteiger partial charge in [-0.1, -0.05) is 36.3 Å². The third-order valence-electron chi connectivity index (χ3n) is 5.01. The van der Waals surface area contributed by atoms with E-state index in [0.717, 1.165) is 35.4 Å². The van der Waals surface area contributed by atoms with Gasteiger partial charge in [-0.05, 0) is 60.7 Å². The molecule has 4 aromatic rings. The number of hydrogen-bond acceptors (Lipinski definition) is 3. The fourth-order valence-electron chi connectivity index (χ4n) is 3.58. The minimum absolute atomic E-state index is 0.243. The van der Waals surface area contributed by atoms with Crippen LogP contribution in [0.25, 0.3) is 22.5 Å². The number of pyridine rings is 1. The standard InChI is InChI=1S/C26H22FN3O/c27-23-12-10-21(11-13-23)25-26(22-14-16-28-17-15-22)30(24(29-25)9-5-19-31)18-4-8-20-6-2-1-3-7-20/h1-3,6-7,10-17,31H,4,8,18-19H2. The van der Waals surface area contributed by atoms with Gasteiger partial charge < -0.3 is 9.67 Å². The van der Waals surface area contributed by atoms with E-state index in [1.54, 1.807) is 24.5 Å². The number of hydrogen-bond donors (Lipinski definition) is 1. The summed E-state index contributed by atoms with van der Waals surface area (Å²) in [6.07, 6.45) is 5.30. The highest BCUT2D eigenvalue weighted by Crippen LogP contribution is 2.33. The molecule has 2 aromatic heterocycles. The molecule has 0 aliphatic carbocycles. The summed E-state index contributed by atoms with van der Waals surface area (Å²) in [4.78, 5) is 8.92. The van der Waals surface area contributed by atoms with Crippen LogP contribution in [-0.2, 0) is 13.0 Å². The average Bonchev–Trinajstić information content (AvgIpc) is 3.17. The minimum atomic E-state index is -0.295. The fourth-order valence-corrected chi connectivity index (χ4v) is 3.58. The number of nitrogens with zero attached hydrogens (tertiary/aromatic N) is 3. The first kappa shape index (κ1) is 20.5. The number of aliphatic hydroxyl groups excluding tert-OH is 1. The van der Waals surface area contributed by atoms with Crippen molar-refractivity contribution in [3.05, 3.63) is 96.3 Å². The lowest BCUT2D eigenvalue weighted by atomic mass is 10.1. The number of imidazole rings is 1. The molecule has 0 aliphatic heterocycles. The minimum Gasteiger partial charge on any atom is -0.384 e. The molecular weight excluding hydrogens is 389 g/mol. The molecule has 0 saturated heterocycles.